The van der Waals surface area contributed by atoms with Crippen molar-refractivity contribution >= 4 is 31.3 Å². The summed E-state index contributed by atoms with van der Waals surface area (Å²) in [5.74, 6) is 0. The lowest BCUT2D eigenvalue weighted by molar-refractivity contribution is 0.223. The molecule has 28 heavy (non-hydrogen) atoms. The second kappa shape index (κ2) is 8.43. The van der Waals surface area contributed by atoms with Gasteiger partial charge in [0.2, 0.25) is 9.84 Å². The van der Waals surface area contributed by atoms with E-state index in [1.165, 1.54) is 0 Å². The Hall–Kier alpha value is -2.21. The molecule has 3 rings (SSSR count). The number of aliphatic hydroxyl groups is 1. The lowest BCUT2D eigenvalue weighted by Crippen LogP contribution is -2.15. The van der Waals surface area contributed by atoms with Crippen molar-refractivity contribution in [1.82, 2.24) is 0 Å². The molecule has 1 N–H and O–H groups in total. The van der Waals surface area contributed by atoms with Crippen LogP contribution in [0.25, 0.3) is 5.57 Å². The molecule has 0 saturated carbocycles. The van der Waals surface area contributed by atoms with E-state index in [0.717, 1.165) is 15.6 Å². The summed E-state index contributed by atoms with van der Waals surface area (Å²) in [5.41, 5.74) is 2.77. The van der Waals surface area contributed by atoms with Gasteiger partial charge in [-0.2, -0.15) is 0 Å². The van der Waals surface area contributed by atoms with Crippen molar-refractivity contribution in [2.45, 2.75) is 24.8 Å². The SMILES string of the molecule is C/C(=C(\C(O)c1ccc(Br)cc1)S(=O)(=O)c1ccc(C)cc1)c1ccccc1. The van der Waals surface area contributed by atoms with Crippen LogP contribution in [0.2, 0.25) is 0 Å². The summed E-state index contributed by atoms with van der Waals surface area (Å²) in [6.45, 7) is 3.64. The quantitative estimate of drug-likeness (QED) is 0.535. The largest absolute Gasteiger partial charge is 0.383 e. The van der Waals surface area contributed by atoms with Crippen LogP contribution in [-0.2, 0) is 9.84 Å². The van der Waals surface area contributed by atoms with Gasteiger partial charge < -0.3 is 5.11 Å². The summed E-state index contributed by atoms with van der Waals surface area (Å²) in [4.78, 5) is 0.157. The Bertz CT molecular complexity index is 1080. The summed E-state index contributed by atoms with van der Waals surface area (Å²) >= 11 is 3.37. The van der Waals surface area contributed by atoms with Crippen molar-refractivity contribution in [3.8, 4) is 0 Å². The van der Waals surface area contributed by atoms with Crippen LogP contribution in [0.3, 0.4) is 0 Å². The Labute approximate surface area is 174 Å². The molecule has 0 aliphatic heterocycles. The summed E-state index contributed by atoms with van der Waals surface area (Å²) in [5, 5.41) is 11.1. The first kappa shape index (κ1) is 20.5. The van der Waals surface area contributed by atoms with E-state index in [1.807, 2.05) is 37.3 Å². The number of allylic oxidation sites excluding steroid dienone is 1. The van der Waals surface area contributed by atoms with Gasteiger partial charge in [-0.3, -0.25) is 0 Å². The maximum absolute atomic E-state index is 13.5. The fraction of sp³-hybridized carbons (Fsp3) is 0.130. The smallest absolute Gasteiger partial charge is 0.205 e. The number of benzene rings is 3. The third-order valence-corrected chi connectivity index (χ3v) is 7.16. The molecule has 3 aromatic carbocycles. The van der Waals surface area contributed by atoms with Crippen LogP contribution in [0.15, 0.2) is 93.1 Å². The van der Waals surface area contributed by atoms with Crippen molar-refractivity contribution in [3.05, 3.63) is 105 Å². The monoisotopic (exact) mass is 456 g/mol. The number of sulfone groups is 1. The predicted octanol–water partition coefficient (Wildman–Crippen LogP) is 5.70. The van der Waals surface area contributed by atoms with Crippen LogP contribution in [0.4, 0.5) is 0 Å². The molecule has 0 heterocycles. The van der Waals surface area contributed by atoms with Gasteiger partial charge in [-0.05, 0) is 54.8 Å². The zero-order valence-corrected chi connectivity index (χ0v) is 18.0. The average molecular weight is 457 g/mol. The highest BCUT2D eigenvalue weighted by atomic mass is 79.9. The van der Waals surface area contributed by atoms with Gasteiger partial charge in [0.1, 0.15) is 6.10 Å². The highest BCUT2D eigenvalue weighted by molar-refractivity contribution is 9.10. The molecule has 0 aliphatic carbocycles. The van der Waals surface area contributed by atoms with E-state index in [4.69, 9.17) is 0 Å². The van der Waals surface area contributed by atoms with E-state index >= 15 is 0 Å². The zero-order chi connectivity index (χ0) is 20.3. The number of hydrogen-bond acceptors (Lipinski definition) is 3. The van der Waals surface area contributed by atoms with E-state index < -0.39 is 15.9 Å². The van der Waals surface area contributed by atoms with Gasteiger partial charge in [0, 0.05) is 4.47 Å². The van der Waals surface area contributed by atoms with E-state index in [2.05, 4.69) is 15.9 Å². The molecule has 0 radical (unpaired) electrons. The third-order valence-electron chi connectivity index (χ3n) is 4.63. The maximum atomic E-state index is 13.5. The molecule has 5 heteroatoms. The van der Waals surface area contributed by atoms with Crippen LogP contribution in [0, 0.1) is 6.92 Å². The van der Waals surface area contributed by atoms with Crippen molar-refractivity contribution in [3.63, 3.8) is 0 Å². The minimum atomic E-state index is -3.90. The first-order valence-electron chi connectivity index (χ1n) is 8.82. The molecule has 0 bridgehead atoms. The molecule has 3 nitrogen and oxygen atoms in total. The van der Waals surface area contributed by atoms with Crippen LogP contribution in [0.1, 0.15) is 29.7 Å². The molecular weight excluding hydrogens is 436 g/mol. The fourth-order valence-electron chi connectivity index (χ4n) is 3.02. The third kappa shape index (κ3) is 4.27. The molecule has 1 unspecified atom stereocenters. The normalized spacial score (nSPS) is 13.7. The van der Waals surface area contributed by atoms with Gasteiger partial charge >= 0.3 is 0 Å². The van der Waals surface area contributed by atoms with E-state index in [9.17, 15) is 13.5 Å². The topological polar surface area (TPSA) is 54.4 Å². The molecule has 0 aromatic heterocycles. The fourth-order valence-corrected chi connectivity index (χ4v) is 4.99. The zero-order valence-electron chi connectivity index (χ0n) is 15.6. The molecule has 0 spiro atoms. The first-order valence-corrected chi connectivity index (χ1v) is 11.1. The molecule has 1 atom stereocenters. The van der Waals surface area contributed by atoms with Crippen LogP contribution in [0.5, 0.6) is 0 Å². The molecule has 144 valence electrons. The van der Waals surface area contributed by atoms with Gasteiger partial charge in [0.25, 0.3) is 0 Å². The Kier molecular flexibility index (Phi) is 6.18. The molecule has 0 fully saturated rings. The van der Waals surface area contributed by atoms with E-state index in [-0.39, 0.29) is 9.80 Å². The molecule has 0 saturated heterocycles. The average Bonchev–Trinajstić information content (AvgIpc) is 2.69. The van der Waals surface area contributed by atoms with Crippen LogP contribution >= 0.6 is 15.9 Å². The molecule has 3 aromatic rings. The second-order valence-corrected chi connectivity index (χ2v) is 9.46. The maximum Gasteiger partial charge on any atom is 0.205 e. The van der Waals surface area contributed by atoms with Crippen molar-refractivity contribution < 1.29 is 13.5 Å². The highest BCUT2D eigenvalue weighted by Gasteiger charge is 2.30. The first-order chi connectivity index (χ1) is 13.3. The van der Waals surface area contributed by atoms with Gasteiger partial charge in [0.15, 0.2) is 0 Å². The minimum absolute atomic E-state index is 0.00937. The summed E-state index contributed by atoms with van der Waals surface area (Å²) in [7, 11) is -3.90. The van der Waals surface area contributed by atoms with E-state index in [1.54, 1.807) is 55.5 Å². The summed E-state index contributed by atoms with van der Waals surface area (Å²) in [6, 6.07) is 22.9. The van der Waals surface area contributed by atoms with Gasteiger partial charge in [-0.1, -0.05) is 76.1 Å². The lowest BCUT2D eigenvalue weighted by atomic mass is 10.0. The number of halogens is 1. The minimum Gasteiger partial charge on any atom is -0.383 e. The van der Waals surface area contributed by atoms with Crippen LogP contribution < -0.4 is 0 Å². The number of hydrogen-bond donors (Lipinski definition) is 1. The summed E-state index contributed by atoms with van der Waals surface area (Å²) < 4.78 is 27.9. The Morgan fingerprint density at radius 1 is 0.893 bits per heavy atom. The van der Waals surface area contributed by atoms with Crippen LogP contribution in [-0.4, -0.2) is 13.5 Å². The molecule has 0 aliphatic rings. The van der Waals surface area contributed by atoms with Gasteiger partial charge in [0.05, 0.1) is 9.80 Å². The molecular formula is C23H21BrO3S. The molecule has 0 amide bonds. The standard InChI is InChI=1S/C23H21BrO3S/c1-16-8-14-21(15-9-16)28(26,27)23(17(2)18-6-4-3-5-7-18)22(25)19-10-12-20(24)13-11-19/h3-15,22,25H,1-2H3/b23-17-. The van der Waals surface area contributed by atoms with Gasteiger partial charge in [-0.15, -0.1) is 0 Å². The highest BCUT2D eigenvalue weighted by Crippen LogP contribution is 2.36. The number of aliphatic hydroxyl groups excluding tert-OH is 1. The van der Waals surface area contributed by atoms with Crippen molar-refractivity contribution in [2.24, 2.45) is 0 Å². The Balaban J connectivity index is 2.22. The van der Waals surface area contributed by atoms with E-state index in [0.29, 0.717) is 11.1 Å². The lowest BCUT2D eigenvalue weighted by Gasteiger charge is -2.20. The summed E-state index contributed by atoms with van der Waals surface area (Å²) in [6.07, 6.45) is -1.28. The van der Waals surface area contributed by atoms with Crippen molar-refractivity contribution in [1.29, 1.82) is 0 Å². The number of rotatable bonds is 5. The van der Waals surface area contributed by atoms with Crippen molar-refractivity contribution in [2.75, 3.05) is 0 Å². The Morgan fingerprint density at radius 3 is 2.04 bits per heavy atom. The number of aryl methyl sites for hydroxylation is 1. The van der Waals surface area contributed by atoms with Gasteiger partial charge in [-0.25, -0.2) is 8.42 Å². The Morgan fingerprint density at radius 2 is 1.46 bits per heavy atom. The predicted molar refractivity (Wildman–Crippen MR) is 117 cm³/mol. The second-order valence-electron chi connectivity index (χ2n) is 6.63.